The summed E-state index contributed by atoms with van der Waals surface area (Å²) in [6, 6.07) is 0. The first-order chi connectivity index (χ1) is 3.81. The zero-order valence-electron chi connectivity index (χ0n) is 7.32. The second-order valence-electron chi connectivity index (χ2n) is 3.51. The van der Waals surface area contributed by atoms with Crippen molar-refractivity contribution in [2.24, 2.45) is 0 Å². The number of hydrogen-bond donors (Lipinski definition) is 0. The van der Waals surface area contributed by atoms with Gasteiger partial charge in [-0.15, -0.1) is 10.3 Å². The molecule has 0 saturated carbocycles. The lowest BCUT2D eigenvalue weighted by atomic mass is 10.3. The highest BCUT2D eigenvalue weighted by Crippen LogP contribution is 2.52. The third-order valence-electron chi connectivity index (χ3n) is 1.89. The Bertz CT molecular complexity index is 91.6. The van der Waals surface area contributed by atoms with Gasteiger partial charge in [0, 0.05) is 11.9 Å². The van der Waals surface area contributed by atoms with Gasteiger partial charge in [-0.05, 0) is 12.5 Å². The maximum absolute atomic E-state index is 5.39. The van der Waals surface area contributed by atoms with Crippen molar-refractivity contribution in [1.29, 1.82) is 0 Å². The smallest absolute Gasteiger partial charge is 0.0482 e. The van der Waals surface area contributed by atoms with Gasteiger partial charge in [-0.1, -0.05) is 20.8 Å². The molecule has 58 valence electrons. The SMILES string of the molecule is COS(C)(C)C(C)(C)C. The predicted octanol–water partition coefficient (Wildman–Crippen LogP) is 2.41. The zero-order valence-corrected chi connectivity index (χ0v) is 8.13. The van der Waals surface area contributed by atoms with E-state index >= 15 is 0 Å². The highest BCUT2D eigenvalue weighted by molar-refractivity contribution is 8.29. The minimum Gasteiger partial charge on any atom is -0.340 e. The molecular weight excluding hydrogens is 132 g/mol. The van der Waals surface area contributed by atoms with E-state index in [2.05, 4.69) is 33.3 Å². The summed E-state index contributed by atoms with van der Waals surface area (Å²) in [5, 5.41) is 0. The van der Waals surface area contributed by atoms with Crippen LogP contribution in [0.2, 0.25) is 0 Å². The maximum atomic E-state index is 5.39. The second-order valence-corrected chi connectivity index (χ2v) is 7.54. The molecule has 0 aliphatic carbocycles. The Balaban J connectivity index is 4.14. The minimum absolute atomic E-state index is 0.307. The standard InChI is InChI=1S/C7H18OS/c1-7(2,3)9(5,6)8-4/h1-6H3. The van der Waals surface area contributed by atoms with Crippen LogP contribution in [0.5, 0.6) is 0 Å². The van der Waals surface area contributed by atoms with Crippen LogP contribution in [0.1, 0.15) is 20.8 Å². The summed E-state index contributed by atoms with van der Waals surface area (Å²) < 4.78 is 5.69. The van der Waals surface area contributed by atoms with Crippen LogP contribution in [-0.2, 0) is 4.18 Å². The van der Waals surface area contributed by atoms with E-state index in [-0.39, 0.29) is 0 Å². The normalized spacial score (nSPS) is 15.8. The Morgan fingerprint density at radius 3 is 1.44 bits per heavy atom. The molecule has 0 aromatic rings. The summed E-state index contributed by atoms with van der Waals surface area (Å²) in [4.78, 5) is 0. The number of hydrogen-bond acceptors (Lipinski definition) is 1. The molecule has 0 spiro atoms. The molecule has 0 radical (unpaired) electrons. The average molecular weight is 150 g/mol. The first kappa shape index (κ1) is 9.31. The Morgan fingerprint density at radius 2 is 1.44 bits per heavy atom. The molecule has 0 aromatic carbocycles. The molecule has 0 atom stereocenters. The van der Waals surface area contributed by atoms with Crippen molar-refractivity contribution in [2.75, 3.05) is 19.6 Å². The van der Waals surface area contributed by atoms with Crippen molar-refractivity contribution >= 4 is 10.3 Å². The fraction of sp³-hybridized carbons (Fsp3) is 1.00. The lowest BCUT2D eigenvalue weighted by molar-refractivity contribution is 0.452. The van der Waals surface area contributed by atoms with Crippen molar-refractivity contribution < 1.29 is 4.18 Å². The Morgan fingerprint density at radius 1 is 1.11 bits per heavy atom. The molecule has 0 N–H and O–H groups in total. The van der Waals surface area contributed by atoms with Crippen LogP contribution >= 0.6 is 10.3 Å². The monoisotopic (exact) mass is 150 g/mol. The van der Waals surface area contributed by atoms with Crippen LogP contribution in [0.15, 0.2) is 0 Å². The molecule has 9 heavy (non-hydrogen) atoms. The molecular formula is C7H18OS. The average Bonchev–Trinajstić information content (AvgIpc) is 1.64. The molecule has 0 unspecified atom stereocenters. The van der Waals surface area contributed by atoms with Crippen molar-refractivity contribution in [3.63, 3.8) is 0 Å². The molecule has 0 rings (SSSR count). The van der Waals surface area contributed by atoms with Crippen LogP contribution in [0.25, 0.3) is 0 Å². The Kier molecular flexibility index (Phi) is 2.59. The van der Waals surface area contributed by atoms with Gasteiger partial charge in [-0.2, -0.15) is 0 Å². The van der Waals surface area contributed by atoms with E-state index in [4.69, 9.17) is 4.18 Å². The van der Waals surface area contributed by atoms with Crippen molar-refractivity contribution in [1.82, 2.24) is 0 Å². The van der Waals surface area contributed by atoms with E-state index in [1.807, 2.05) is 0 Å². The van der Waals surface area contributed by atoms with Gasteiger partial charge in [0.05, 0.1) is 0 Å². The molecule has 0 fully saturated rings. The third-order valence-corrected chi connectivity index (χ3v) is 5.67. The molecule has 0 aromatic heterocycles. The molecule has 0 bridgehead atoms. The fourth-order valence-electron chi connectivity index (χ4n) is 0.250. The van der Waals surface area contributed by atoms with Crippen molar-refractivity contribution in [2.45, 2.75) is 25.5 Å². The molecule has 0 amide bonds. The summed E-state index contributed by atoms with van der Waals surface area (Å²) in [5.41, 5.74) is 0. The summed E-state index contributed by atoms with van der Waals surface area (Å²) in [6.45, 7) is 6.64. The first-order valence-electron chi connectivity index (χ1n) is 3.10. The summed E-state index contributed by atoms with van der Waals surface area (Å²) >= 11 is 0. The summed E-state index contributed by atoms with van der Waals surface area (Å²) in [6.07, 6.45) is 4.38. The molecule has 2 heteroatoms. The van der Waals surface area contributed by atoms with Crippen LogP contribution < -0.4 is 0 Å². The minimum atomic E-state index is -0.836. The molecule has 0 heterocycles. The lowest BCUT2D eigenvalue weighted by Crippen LogP contribution is -2.23. The van der Waals surface area contributed by atoms with E-state index in [9.17, 15) is 0 Å². The van der Waals surface area contributed by atoms with Crippen LogP contribution in [0.4, 0.5) is 0 Å². The van der Waals surface area contributed by atoms with Gasteiger partial charge in [-0.25, -0.2) is 0 Å². The lowest BCUT2D eigenvalue weighted by Gasteiger charge is -2.42. The topological polar surface area (TPSA) is 9.23 Å². The molecule has 0 aliphatic heterocycles. The van der Waals surface area contributed by atoms with Gasteiger partial charge in [0.25, 0.3) is 0 Å². The van der Waals surface area contributed by atoms with E-state index in [0.717, 1.165) is 0 Å². The first-order valence-corrected chi connectivity index (χ1v) is 5.47. The Labute approximate surface area is 60.3 Å². The van der Waals surface area contributed by atoms with Crippen molar-refractivity contribution in [3.05, 3.63) is 0 Å². The Hall–Kier alpha value is 0.310. The fourth-order valence-corrected chi connectivity index (χ4v) is 0.750. The van der Waals surface area contributed by atoms with E-state index in [0.29, 0.717) is 4.75 Å². The molecule has 0 aliphatic rings. The van der Waals surface area contributed by atoms with Gasteiger partial charge >= 0.3 is 0 Å². The van der Waals surface area contributed by atoms with Gasteiger partial charge in [0.1, 0.15) is 0 Å². The molecule has 0 saturated heterocycles. The van der Waals surface area contributed by atoms with Gasteiger partial charge in [0.2, 0.25) is 0 Å². The van der Waals surface area contributed by atoms with Gasteiger partial charge in [0.15, 0.2) is 0 Å². The third kappa shape index (κ3) is 2.18. The van der Waals surface area contributed by atoms with Gasteiger partial charge < -0.3 is 4.18 Å². The van der Waals surface area contributed by atoms with Crippen molar-refractivity contribution in [3.8, 4) is 0 Å². The summed E-state index contributed by atoms with van der Waals surface area (Å²) in [7, 11) is 0.957. The summed E-state index contributed by atoms with van der Waals surface area (Å²) in [5.74, 6) is 0. The van der Waals surface area contributed by atoms with E-state index < -0.39 is 10.3 Å². The van der Waals surface area contributed by atoms with E-state index in [1.165, 1.54) is 0 Å². The molecule has 1 nitrogen and oxygen atoms in total. The van der Waals surface area contributed by atoms with Crippen LogP contribution in [0, 0.1) is 0 Å². The predicted molar refractivity (Wildman–Crippen MR) is 46.2 cm³/mol. The zero-order chi connectivity index (χ0) is 7.71. The van der Waals surface area contributed by atoms with Crippen LogP contribution in [0.3, 0.4) is 0 Å². The number of rotatable bonds is 1. The van der Waals surface area contributed by atoms with Crippen LogP contribution in [-0.4, -0.2) is 24.4 Å². The quantitative estimate of drug-likeness (QED) is 0.558. The van der Waals surface area contributed by atoms with Gasteiger partial charge in [-0.3, -0.25) is 0 Å². The highest BCUT2D eigenvalue weighted by atomic mass is 32.3. The van der Waals surface area contributed by atoms with E-state index in [1.54, 1.807) is 7.11 Å². The maximum Gasteiger partial charge on any atom is 0.0482 e. The highest BCUT2D eigenvalue weighted by Gasteiger charge is 2.26. The second kappa shape index (κ2) is 2.51. The largest absolute Gasteiger partial charge is 0.340 e.